The van der Waals surface area contributed by atoms with Crippen LogP contribution in [-0.4, -0.2) is 36.2 Å². The van der Waals surface area contributed by atoms with Gasteiger partial charge in [-0.3, -0.25) is 4.90 Å². The first kappa shape index (κ1) is 15.1. The number of rotatable bonds is 7. The van der Waals surface area contributed by atoms with Gasteiger partial charge in [0.25, 0.3) is 0 Å². The lowest BCUT2D eigenvalue weighted by molar-refractivity contribution is 0.0691. The van der Waals surface area contributed by atoms with Crippen LogP contribution in [0.3, 0.4) is 0 Å². The summed E-state index contributed by atoms with van der Waals surface area (Å²) >= 11 is 0. The number of benzene rings is 1. The normalized spacial score (nSPS) is 10.8. The van der Waals surface area contributed by atoms with Gasteiger partial charge in [-0.05, 0) is 38.2 Å². The Morgan fingerprint density at radius 3 is 2.71 bits per heavy atom. The van der Waals surface area contributed by atoms with Gasteiger partial charge in [0, 0.05) is 6.54 Å². The summed E-state index contributed by atoms with van der Waals surface area (Å²) in [6.45, 7) is 3.70. The molecule has 0 aliphatic carbocycles. The van der Waals surface area contributed by atoms with Crippen molar-refractivity contribution in [2.24, 2.45) is 0 Å². The predicted octanol–water partition coefficient (Wildman–Crippen LogP) is 2.80. The zero-order valence-electron chi connectivity index (χ0n) is 12.2. The summed E-state index contributed by atoms with van der Waals surface area (Å²) in [5.74, 6) is 1.21. The van der Waals surface area contributed by atoms with Gasteiger partial charge in [-0.25, -0.2) is 4.79 Å². The summed E-state index contributed by atoms with van der Waals surface area (Å²) in [6.07, 6.45) is 0. The molecule has 2 aromatic rings. The van der Waals surface area contributed by atoms with Gasteiger partial charge in [-0.2, -0.15) is 0 Å². The van der Waals surface area contributed by atoms with Crippen molar-refractivity contribution in [3.8, 4) is 5.75 Å². The standard InChI is InChI=1S/C16H19NO4/c1-12-7-8-13(21-12)11-17(2)9-10-20-15-6-4-3-5-14(15)16(18)19/h3-8H,9-11H2,1-2H3,(H,18,19). The van der Waals surface area contributed by atoms with Crippen molar-refractivity contribution in [2.45, 2.75) is 13.5 Å². The maximum Gasteiger partial charge on any atom is 0.339 e. The second-order valence-corrected chi connectivity index (χ2v) is 4.90. The van der Waals surface area contributed by atoms with Crippen molar-refractivity contribution >= 4 is 5.97 Å². The second kappa shape index (κ2) is 6.95. The van der Waals surface area contributed by atoms with Crippen LogP contribution in [0.4, 0.5) is 0 Å². The van der Waals surface area contributed by atoms with Crippen molar-refractivity contribution in [1.82, 2.24) is 4.90 Å². The number of carboxylic acid groups (broad SMARTS) is 1. The third kappa shape index (κ3) is 4.36. The van der Waals surface area contributed by atoms with Crippen LogP contribution in [0.1, 0.15) is 21.9 Å². The Morgan fingerprint density at radius 1 is 1.29 bits per heavy atom. The van der Waals surface area contributed by atoms with E-state index in [9.17, 15) is 4.79 Å². The van der Waals surface area contributed by atoms with E-state index in [2.05, 4.69) is 4.90 Å². The number of carboxylic acids is 1. The van der Waals surface area contributed by atoms with E-state index in [4.69, 9.17) is 14.3 Å². The molecular weight excluding hydrogens is 270 g/mol. The molecule has 1 aromatic carbocycles. The van der Waals surface area contributed by atoms with Crippen LogP contribution in [-0.2, 0) is 6.54 Å². The summed E-state index contributed by atoms with van der Waals surface area (Å²) < 4.78 is 11.1. The van der Waals surface area contributed by atoms with E-state index in [0.29, 0.717) is 25.4 Å². The van der Waals surface area contributed by atoms with Gasteiger partial charge in [0.2, 0.25) is 0 Å². The van der Waals surface area contributed by atoms with Gasteiger partial charge in [0.05, 0.1) is 6.54 Å². The third-order valence-electron chi connectivity index (χ3n) is 3.07. The zero-order chi connectivity index (χ0) is 15.2. The van der Waals surface area contributed by atoms with E-state index < -0.39 is 5.97 Å². The molecule has 0 aliphatic rings. The quantitative estimate of drug-likeness (QED) is 0.849. The van der Waals surface area contributed by atoms with Crippen molar-refractivity contribution < 1.29 is 19.1 Å². The molecule has 0 atom stereocenters. The molecule has 112 valence electrons. The molecule has 1 N–H and O–H groups in total. The molecule has 0 spiro atoms. The van der Waals surface area contributed by atoms with Gasteiger partial charge in [0.1, 0.15) is 29.4 Å². The van der Waals surface area contributed by atoms with E-state index in [1.807, 2.05) is 26.1 Å². The predicted molar refractivity (Wildman–Crippen MR) is 78.7 cm³/mol. The Kier molecular flexibility index (Phi) is 5.00. The monoisotopic (exact) mass is 289 g/mol. The van der Waals surface area contributed by atoms with Crippen LogP contribution in [0.5, 0.6) is 5.75 Å². The maximum atomic E-state index is 11.1. The van der Waals surface area contributed by atoms with Crippen LogP contribution in [0, 0.1) is 6.92 Å². The summed E-state index contributed by atoms with van der Waals surface area (Å²) in [7, 11) is 1.96. The highest BCUT2D eigenvalue weighted by Crippen LogP contribution is 2.17. The molecule has 0 unspecified atom stereocenters. The fourth-order valence-corrected chi connectivity index (χ4v) is 2.00. The highest BCUT2D eigenvalue weighted by Gasteiger charge is 2.10. The number of furan rings is 1. The van der Waals surface area contributed by atoms with Crippen molar-refractivity contribution in [1.29, 1.82) is 0 Å². The average Bonchev–Trinajstić information content (AvgIpc) is 2.84. The van der Waals surface area contributed by atoms with Crippen LogP contribution in [0.2, 0.25) is 0 Å². The lowest BCUT2D eigenvalue weighted by Gasteiger charge is -2.16. The molecule has 2 rings (SSSR count). The summed E-state index contributed by atoms with van der Waals surface area (Å²) in [4.78, 5) is 13.1. The van der Waals surface area contributed by atoms with Gasteiger partial charge in [-0.15, -0.1) is 0 Å². The van der Waals surface area contributed by atoms with E-state index in [0.717, 1.165) is 11.5 Å². The fourth-order valence-electron chi connectivity index (χ4n) is 2.00. The summed E-state index contributed by atoms with van der Waals surface area (Å²) in [5, 5.41) is 9.07. The molecule has 0 amide bonds. The number of likely N-dealkylation sites (N-methyl/N-ethyl adjacent to an activating group) is 1. The lowest BCUT2D eigenvalue weighted by atomic mass is 10.2. The van der Waals surface area contributed by atoms with Crippen LogP contribution in [0.15, 0.2) is 40.8 Å². The largest absolute Gasteiger partial charge is 0.491 e. The summed E-state index contributed by atoms with van der Waals surface area (Å²) in [5.41, 5.74) is 0.182. The highest BCUT2D eigenvalue weighted by molar-refractivity contribution is 5.90. The lowest BCUT2D eigenvalue weighted by Crippen LogP contribution is -2.24. The highest BCUT2D eigenvalue weighted by atomic mass is 16.5. The van der Waals surface area contributed by atoms with Gasteiger partial charge in [0.15, 0.2) is 0 Å². The van der Waals surface area contributed by atoms with E-state index in [-0.39, 0.29) is 5.56 Å². The molecule has 21 heavy (non-hydrogen) atoms. The Hall–Kier alpha value is -2.27. The van der Waals surface area contributed by atoms with E-state index in [1.54, 1.807) is 18.2 Å². The van der Waals surface area contributed by atoms with Crippen molar-refractivity contribution in [2.75, 3.05) is 20.2 Å². The molecule has 1 aromatic heterocycles. The number of aromatic carboxylic acids is 1. The Bertz CT molecular complexity index is 606. The molecule has 1 heterocycles. The van der Waals surface area contributed by atoms with Gasteiger partial charge in [-0.1, -0.05) is 12.1 Å². The molecule has 0 radical (unpaired) electrons. The van der Waals surface area contributed by atoms with E-state index in [1.165, 1.54) is 6.07 Å². The molecule has 0 aliphatic heterocycles. The minimum Gasteiger partial charge on any atom is -0.491 e. The number of carbonyl (C=O) groups is 1. The topological polar surface area (TPSA) is 62.9 Å². The van der Waals surface area contributed by atoms with Crippen LogP contribution < -0.4 is 4.74 Å². The number of ether oxygens (including phenoxy) is 1. The number of nitrogens with zero attached hydrogens (tertiary/aromatic N) is 1. The Morgan fingerprint density at radius 2 is 2.05 bits per heavy atom. The maximum absolute atomic E-state index is 11.1. The molecule has 5 heteroatoms. The molecule has 0 fully saturated rings. The third-order valence-corrected chi connectivity index (χ3v) is 3.07. The van der Waals surface area contributed by atoms with Crippen molar-refractivity contribution in [3.05, 3.63) is 53.5 Å². The van der Waals surface area contributed by atoms with Crippen LogP contribution in [0.25, 0.3) is 0 Å². The van der Waals surface area contributed by atoms with E-state index >= 15 is 0 Å². The minimum atomic E-state index is -0.981. The fraction of sp³-hybridized carbons (Fsp3) is 0.312. The average molecular weight is 289 g/mol. The first-order chi connectivity index (χ1) is 10.1. The Labute approximate surface area is 123 Å². The number of aryl methyl sites for hydroxylation is 1. The molecule has 0 saturated heterocycles. The SMILES string of the molecule is Cc1ccc(CN(C)CCOc2ccccc2C(=O)O)o1. The smallest absolute Gasteiger partial charge is 0.339 e. The summed E-state index contributed by atoms with van der Waals surface area (Å²) in [6, 6.07) is 10.5. The molecule has 0 saturated carbocycles. The molecular formula is C16H19NO4. The van der Waals surface area contributed by atoms with Gasteiger partial charge >= 0.3 is 5.97 Å². The molecule has 0 bridgehead atoms. The van der Waals surface area contributed by atoms with Gasteiger partial charge < -0.3 is 14.3 Å². The molecule has 5 nitrogen and oxygen atoms in total. The first-order valence-corrected chi connectivity index (χ1v) is 6.75. The van der Waals surface area contributed by atoms with Crippen molar-refractivity contribution in [3.63, 3.8) is 0 Å². The second-order valence-electron chi connectivity index (χ2n) is 4.90. The number of para-hydroxylation sites is 1. The first-order valence-electron chi connectivity index (χ1n) is 6.75. The number of hydrogen-bond donors (Lipinski definition) is 1. The van der Waals surface area contributed by atoms with Crippen LogP contribution >= 0.6 is 0 Å². The Balaban J connectivity index is 1.83. The minimum absolute atomic E-state index is 0.182. The zero-order valence-corrected chi connectivity index (χ0v) is 12.2. The number of hydrogen-bond acceptors (Lipinski definition) is 4.